The Balaban J connectivity index is 1.66. The first-order chi connectivity index (χ1) is 10.2. The second-order valence-corrected chi connectivity index (χ2v) is 6.13. The van der Waals surface area contributed by atoms with E-state index in [4.69, 9.17) is 4.74 Å². The van der Waals surface area contributed by atoms with E-state index >= 15 is 0 Å². The zero-order chi connectivity index (χ0) is 14.4. The number of amides is 1. The van der Waals surface area contributed by atoms with Gasteiger partial charge in [-0.3, -0.25) is 9.20 Å². The van der Waals surface area contributed by atoms with Gasteiger partial charge in [-0.15, -0.1) is 10.2 Å². The number of fused-ring (bicyclic) bond motifs is 1. The molecule has 1 unspecified atom stereocenters. The molecule has 0 bridgehead atoms. The Morgan fingerprint density at radius 2 is 2.33 bits per heavy atom. The summed E-state index contributed by atoms with van der Waals surface area (Å²) in [4.78, 5) is 14.8. The smallest absolute Gasteiger partial charge is 0.257 e. The molecule has 1 saturated heterocycles. The molecule has 21 heavy (non-hydrogen) atoms. The van der Waals surface area contributed by atoms with Crippen LogP contribution in [0, 0.1) is 0 Å². The lowest BCUT2D eigenvalue weighted by Crippen LogP contribution is -2.59. The predicted molar refractivity (Wildman–Crippen MR) is 76.0 cm³/mol. The summed E-state index contributed by atoms with van der Waals surface area (Å²) in [5.41, 5.74) is 1.12. The summed E-state index contributed by atoms with van der Waals surface area (Å²) in [5.74, 6) is 0.0232. The molecular weight excluding hydrogens is 268 g/mol. The van der Waals surface area contributed by atoms with Gasteiger partial charge in [-0.2, -0.15) is 0 Å². The Kier molecular flexibility index (Phi) is 2.75. The van der Waals surface area contributed by atoms with Crippen LogP contribution >= 0.6 is 0 Å². The number of morpholine rings is 1. The normalized spacial score (nSPS) is 24.2. The van der Waals surface area contributed by atoms with E-state index in [0.29, 0.717) is 24.3 Å². The van der Waals surface area contributed by atoms with Crippen molar-refractivity contribution in [3.05, 3.63) is 30.2 Å². The van der Waals surface area contributed by atoms with Crippen LogP contribution in [0.4, 0.5) is 0 Å². The molecule has 2 fully saturated rings. The first kappa shape index (κ1) is 12.8. The van der Waals surface area contributed by atoms with Gasteiger partial charge in [0.05, 0.1) is 23.8 Å². The van der Waals surface area contributed by atoms with E-state index in [1.165, 1.54) is 6.42 Å². The molecule has 0 radical (unpaired) electrons. The fraction of sp³-hybridized carbons (Fsp3) is 0.533. The average molecular weight is 286 g/mol. The van der Waals surface area contributed by atoms with E-state index in [0.717, 1.165) is 12.8 Å². The zero-order valence-corrected chi connectivity index (χ0v) is 12.0. The second-order valence-electron chi connectivity index (χ2n) is 6.13. The lowest BCUT2D eigenvalue weighted by molar-refractivity contribution is -0.176. The average Bonchev–Trinajstić information content (AvgIpc) is 2.92. The van der Waals surface area contributed by atoms with Gasteiger partial charge >= 0.3 is 0 Å². The number of carbonyl (C=O) groups excluding carboxylic acids is 1. The quantitative estimate of drug-likeness (QED) is 0.797. The molecule has 3 heterocycles. The lowest BCUT2D eigenvalue weighted by atomic mass is 9.78. The molecule has 1 amide bonds. The van der Waals surface area contributed by atoms with Crippen molar-refractivity contribution in [2.75, 3.05) is 13.1 Å². The number of carbonyl (C=O) groups is 1. The van der Waals surface area contributed by atoms with E-state index in [-0.39, 0.29) is 17.6 Å². The Bertz CT molecular complexity index is 692. The van der Waals surface area contributed by atoms with Crippen LogP contribution in [0.1, 0.15) is 36.5 Å². The Hall–Kier alpha value is -1.95. The molecule has 4 rings (SSSR count). The largest absolute Gasteiger partial charge is 0.368 e. The molecule has 1 aliphatic carbocycles. The van der Waals surface area contributed by atoms with Crippen LogP contribution in [-0.4, -0.2) is 50.2 Å². The molecule has 2 aromatic rings. The summed E-state index contributed by atoms with van der Waals surface area (Å²) in [5, 5.41) is 7.94. The predicted octanol–water partition coefficient (Wildman–Crippen LogP) is 1.51. The summed E-state index contributed by atoms with van der Waals surface area (Å²) in [6.45, 7) is 3.36. The summed E-state index contributed by atoms with van der Waals surface area (Å²) < 4.78 is 7.85. The number of hydrogen-bond acceptors (Lipinski definition) is 4. The molecule has 1 spiro atoms. The van der Waals surface area contributed by atoms with E-state index in [2.05, 4.69) is 10.2 Å². The fourth-order valence-electron chi connectivity index (χ4n) is 3.41. The minimum absolute atomic E-state index is 0.0232. The van der Waals surface area contributed by atoms with Gasteiger partial charge in [0, 0.05) is 12.7 Å². The Morgan fingerprint density at radius 1 is 1.48 bits per heavy atom. The molecule has 1 atom stereocenters. The number of nitrogens with zero attached hydrogens (tertiary/aromatic N) is 4. The first-order valence-electron chi connectivity index (χ1n) is 7.42. The summed E-state index contributed by atoms with van der Waals surface area (Å²) in [7, 11) is 0. The topological polar surface area (TPSA) is 59.7 Å². The van der Waals surface area contributed by atoms with Crippen molar-refractivity contribution in [1.29, 1.82) is 0 Å². The van der Waals surface area contributed by atoms with Gasteiger partial charge in [0.1, 0.15) is 6.33 Å². The van der Waals surface area contributed by atoms with E-state index < -0.39 is 0 Å². The monoisotopic (exact) mass is 286 g/mol. The Morgan fingerprint density at radius 3 is 3.10 bits per heavy atom. The van der Waals surface area contributed by atoms with Gasteiger partial charge in [-0.05, 0) is 38.3 Å². The number of pyridine rings is 1. The van der Waals surface area contributed by atoms with Gasteiger partial charge in [-0.1, -0.05) is 0 Å². The molecule has 0 N–H and O–H groups in total. The van der Waals surface area contributed by atoms with Crippen molar-refractivity contribution in [3.63, 3.8) is 0 Å². The van der Waals surface area contributed by atoms with Crippen molar-refractivity contribution in [1.82, 2.24) is 19.5 Å². The van der Waals surface area contributed by atoms with Crippen molar-refractivity contribution < 1.29 is 9.53 Å². The van der Waals surface area contributed by atoms with Crippen molar-refractivity contribution >= 4 is 11.6 Å². The highest BCUT2D eigenvalue weighted by atomic mass is 16.5. The van der Waals surface area contributed by atoms with Gasteiger partial charge < -0.3 is 9.64 Å². The summed E-state index contributed by atoms with van der Waals surface area (Å²) in [6.07, 6.45) is 6.84. The van der Waals surface area contributed by atoms with E-state index in [9.17, 15) is 4.79 Å². The number of rotatable bonds is 1. The molecule has 1 saturated carbocycles. The minimum Gasteiger partial charge on any atom is -0.368 e. The van der Waals surface area contributed by atoms with Crippen molar-refractivity contribution in [2.45, 2.75) is 37.9 Å². The van der Waals surface area contributed by atoms with E-state index in [1.807, 2.05) is 30.2 Å². The molecule has 1 aliphatic heterocycles. The number of aromatic nitrogens is 3. The van der Waals surface area contributed by atoms with Gasteiger partial charge in [-0.25, -0.2) is 0 Å². The second kappa shape index (κ2) is 4.53. The zero-order valence-electron chi connectivity index (χ0n) is 12.0. The number of hydrogen-bond donors (Lipinski definition) is 0. The van der Waals surface area contributed by atoms with Gasteiger partial charge in [0.15, 0.2) is 5.65 Å². The maximum absolute atomic E-state index is 12.9. The molecule has 6 heteroatoms. The van der Waals surface area contributed by atoms with Crippen molar-refractivity contribution in [3.8, 4) is 0 Å². The summed E-state index contributed by atoms with van der Waals surface area (Å²) in [6, 6.07) is 3.67. The standard InChI is InChI=1S/C15H18N4O2/c1-11-8-19(9-15(21-11)5-3-6-15)14(20)12-4-2-7-18-10-16-17-13(12)18/h2,4,7,10-11H,3,5-6,8-9H2,1H3. The minimum atomic E-state index is -0.105. The molecule has 2 aromatic heterocycles. The molecule has 6 nitrogen and oxygen atoms in total. The van der Waals surface area contributed by atoms with Crippen LogP contribution < -0.4 is 0 Å². The highest BCUT2D eigenvalue weighted by Gasteiger charge is 2.45. The highest BCUT2D eigenvalue weighted by molar-refractivity contribution is 5.99. The maximum Gasteiger partial charge on any atom is 0.257 e. The SMILES string of the molecule is CC1CN(C(=O)c2cccn3cnnc23)CC2(CCC2)O1. The maximum atomic E-state index is 12.9. The summed E-state index contributed by atoms with van der Waals surface area (Å²) >= 11 is 0. The fourth-order valence-corrected chi connectivity index (χ4v) is 3.41. The van der Waals surface area contributed by atoms with E-state index in [1.54, 1.807) is 10.7 Å². The third kappa shape index (κ3) is 2.01. The van der Waals surface area contributed by atoms with Crippen LogP contribution in [0.25, 0.3) is 5.65 Å². The molecule has 2 aliphatic rings. The first-order valence-corrected chi connectivity index (χ1v) is 7.42. The third-order valence-corrected chi connectivity index (χ3v) is 4.51. The molecular formula is C15H18N4O2. The lowest BCUT2D eigenvalue weighted by Gasteiger charge is -2.50. The van der Waals surface area contributed by atoms with Gasteiger partial charge in [0.25, 0.3) is 5.91 Å². The highest BCUT2D eigenvalue weighted by Crippen LogP contribution is 2.40. The molecule has 110 valence electrons. The van der Waals surface area contributed by atoms with Crippen LogP contribution in [0.5, 0.6) is 0 Å². The van der Waals surface area contributed by atoms with Crippen LogP contribution in [-0.2, 0) is 4.74 Å². The van der Waals surface area contributed by atoms with Crippen LogP contribution in [0.3, 0.4) is 0 Å². The number of ether oxygens (including phenoxy) is 1. The van der Waals surface area contributed by atoms with Crippen molar-refractivity contribution in [2.24, 2.45) is 0 Å². The van der Waals surface area contributed by atoms with Crippen LogP contribution in [0.2, 0.25) is 0 Å². The van der Waals surface area contributed by atoms with Crippen LogP contribution in [0.15, 0.2) is 24.7 Å². The third-order valence-electron chi connectivity index (χ3n) is 4.51. The molecule has 0 aromatic carbocycles. The Labute approximate surface area is 122 Å². The van der Waals surface area contributed by atoms with Gasteiger partial charge in [0.2, 0.25) is 0 Å².